The molecular formula is C52H67N3O12. The van der Waals surface area contributed by atoms with Gasteiger partial charge < -0.3 is 49.8 Å². The average Bonchev–Trinajstić information content (AvgIpc) is 3.55. The second kappa shape index (κ2) is 20.5. The van der Waals surface area contributed by atoms with Gasteiger partial charge >= 0.3 is 11.8 Å². The minimum absolute atomic E-state index is 0.0328. The van der Waals surface area contributed by atoms with Crippen molar-refractivity contribution < 1.29 is 58.9 Å². The van der Waals surface area contributed by atoms with E-state index in [1.165, 1.54) is 65.0 Å². The highest BCUT2D eigenvalue weighted by atomic mass is 16.7. The number of nitrogens with zero attached hydrogens (tertiary/aromatic N) is 2. The summed E-state index contributed by atoms with van der Waals surface area (Å²) in [4.78, 5) is 41.1. The van der Waals surface area contributed by atoms with Gasteiger partial charge in [0, 0.05) is 73.2 Å². The van der Waals surface area contributed by atoms with Gasteiger partial charge in [0.15, 0.2) is 5.75 Å². The number of allylic oxidation sites excluding steroid dienone is 2. The highest BCUT2D eigenvalue weighted by molar-refractivity contribution is 6.23. The Morgan fingerprint density at radius 3 is 2.19 bits per heavy atom. The van der Waals surface area contributed by atoms with Gasteiger partial charge in [-0.05, 0) is 64.5 Å². The molecule has 1 saturated heterocycles. The SMILES string of the molecule is COC1C=COC2(C)Oc3c(C)c(O)c4c(O)c(c(/C=N/N5C(C)CC(Cc6ccccc6)CC5C)c(O)c4c3C2=O)NC(=O)C(C)=CC=CC(C)C(O)C(C)C(O)C(C)C(OC(C)=O)C1C. The number of amides is 1. The molecular weight excluding hydrogens is 859 g/mol. The zero-order valence-electron chi connectivity index (χ0n) is 40.3. The van der Waals surface area contributed by atoms with Gasteiger partial charge in [0.05, 0.1) is 53.0 Å². The summed E-state index contributed by atoms with van der Waals surface area (Å²) in [5.74, 6) is -8.01. The molecule has 3 aromatic carbocycles. The van der Waals surface area contributed by atoms with E-state index in [1.807, 2.05) is 23.2 Å². The number of ketones is 1. The van der Waals surface area contributed by atoms with Gasteiger partial charge in [0.1, 0.15) is 23.4 Å². The normalized spacial score (nSPS) is 30.9. The zero-order valence-corrected chi connectivity index (χ0v) is 40.3. The summed E-state index contributed by atoms with van der Waals surface area (Å²) in [5.41, 5.74) is 0.900. The van der Waals surface area contributed by atoms with Gasteiger partial charge in [-0.3, -0.25) is 19.4 Å². The molecule has 4 aliphatic rings. The van der Waals surface area contributed by atoms with Crippen LogP contribution >= 0.6 is 0 Å². The van der Waals surface area contributed by atoms with Crippen LogP contribution in [-0.2, 0) is 30.2 Å². The highest BCUT2D eigenvalue weighted by Gasteiger charge is 2.50. The Bertz CT molecular complexity index is 2450. The van der Waals surface area contributed by atoms with Gasteiger partial charge in [-0.25, -0.2) is 0 Å². The van der Waals surface area contributed by atoms with E-state index in [-0.39, 0.29) is 56.6 Å². The quantitative estimate of drug-likeness (QED) is 0.0603. The van der Waals surface area contributed by atoms with Crippen LogP contribution in [-0.4, -0.2) is 104 Å². The summed E-state index contributed by atoms with van der Waals surface area (Å²) in [6.07, 6.45) is 7.51. The first kappa shape index (κ1) is 50.5. The van der Waals surface area contributed by atoms with Crippen LogP contribution in [0.3, 0.4) is 0 Å². The first-order valence-electron chi connectivity index (χ1n) is 23.1. The van der Waals surface area contributed by atoms with Crippen molar-refractivity contribution in [1.82, 2.24) is 5.01 Å². The molecule has 7 rings (SSSR count). The third kappa shape index (κ3) is 10.2. The lowest BCUT2D eigenvalue weighted by molar-refractivity contribution is -0.160. The number of rotatable bonds is 6. The van der Waals surface area contributed by atoms with Crippen LogP contribution in [0.5, 0.6) is 23.0 Å². The van der Waals surface area contributed by atoms with E-state index < -0.39 is 88.8 Å². The summed E-state index contributed by atoms with van der Waals surface area (Å²) in [7, 11) is 1.44. The van der Waals surface area contributed by atoms with Crippen molar-refractivity contribution >= 4 is 40.3 Å². The van der Waals surface area contributed by atoms with E-state index in [9.17, 15) is 39.9 Å². The van der Waals surface area contributed by atoms with E-state index in [2.05, 4.69) is 31.3 Å². The number of carbonyl (C=O) groups is 3. The number of anilines is 1. The number of hydrogen-bond donors (Lipinski definition) is 6. The van der Waals surface area contributed by atoms with Gasteiger partial charge in [0.2, 0.25) is 0 Å². The Hall–Kier alpha value is -5.90. The Labute approximate surface area is 392 Å². The fourth-order valence-electron chi connectivity index (χ4n) is 10.1. The van der Waals surface area contributed by atoms with Crippen LogP contribution in [0.4, 0.5) is 5.69 Å². The number of methoxy groups -OCH3 is 1. The van der Waals surface area contributed by atoms with E-state index >= 15 is 0 Å². The largest absolute Gasteiger partial charge is 0.507 e. The molecule has 362 valence electrons. The van der Waals surface area contributed by atoms with Crippen molar-refractivity contribution in [3.05, 3.63) is 88.7 Å². The predicted molar refractivity (Wildman–Crippen MR) is 255 cm³/mol. The van der Waals surface area contributed by atoms with Crippen LogP contribution in [0.15, 0.2) is 71.6 Å². The fraction of sp³-hybridized carbons (Fsp3) is 0.500. The maximum Gasteiger partial charge on any atom is 0.312 e. The smallest absolute Gasteiger partial charge is 0.312 e. The molecule has 11 unspecified atom stereocenters. The summed E-state index contributed by atoms with van der Waals surface area (Å²) < 4.78 is 23.8. The molecule has 4 heterocycles. The number of aliphatic hydroxyl groups excluding tert-OH is 2. The molecule has 0 saturated carbocycles. The number of carbonyl (C=O) groups excluding carboxylic acids is 3. The van der Waals surface area contributed by atoms with Crippen LogP contribution in [0.2, 0.25) is 0 Å². The summed E-state index contributed by atoms with van der Waals surface area (Å²) in [6, 6.07) is 10.2. The van der Waals surface area contributed by atoms with Crippen molar-refractivity contribution in [1.29, 1.82) is 0 Å². The highest BCUT2D eigenvalue weighted by Crippen LogP contribution is 2.55. The molecule has 1 amide bonds. The Kier molecular flexibility index (Phi) is 15.5. The standard InChI is InChI=1S/C52H67N3O12/c1-26-16-15-17-27(2)51(63)54-42-37(25-53-55-28(3)22-36(23-29(55)4)24-35-18-13-12-14-19-35)46(60)39-40(47(42)61)45(59)33(8)49-41(39)50(62)52(10,67-49)65-21-20-38(64-11)30(5)48(66-34(9)56)32(7)44(58)31(6)43(26)57/h12-21,25-26,28-32,36,38,43-44,48,57-61H,22-24H2,1-11H3,(H,54,63)/b16-15?,21-20?,27-17?,53-25+. The minimum atomic E-state index is -2.06. The van der Waals surface area contributed by atoms with E-state index in [0.717, 1.165) is 19.3 Å². The first-order chi connectivity index (χ1) is 31.6. The molecule has 15 nitrogen and oxygen atoms in total. The molecule has 0 aromatic heterocycles. The third-order valence-corrected chi connectivity index (χ3v) is 14.0. The van der Waals surface area contributed by atoms with Gasteiger partial charge in [-0.1, -0.05) is 76.3 Å². The molecule has 15 heteroatoms. The molecule has 11 atom stereocenters. The van der Waals surface area contributed by atoms with E-state index in [1.54, 1.807) is 39.8 Å². The summed E-state index contributed by atoms with van der Waals surface area (Å²) in [6.45, 7) is 16.7. The number of Topliss-reactive ketones (excluding diaryl/α,β-unsaturated/α-hetero) is 1. The van der Waals surface area contributed by atoms with Crippen molar-refractivity contribution in [2.45, 2.75) is 131 Å². The van der Waals surface area contributed by atoms with Gasteiger partial charge in [0.25, 0.3) is 11.7 Å². The van der Waals surface area contributed by atoms with Crippen molar-refractivity contribution in [2.24, 2.45) is 34.7 Å². The molecule has 0 spiro atoms. The number of aliphatic hydroxyl groups is 2. The van der Waals surface area contributed by atoms with Crippen LogP contribution in [0, 0.1) is 36.5 Å². The number of benzene rings is 3. The Morgan fingerprint density at radius 2 is 1.57 bits per heavy atom. The van der Waals surface area contributed by atoms with Crippen molar-refractivity contribution in [3.8, 4) is 23.0 Å². The number of hydrogen-bond acceptors (Lipinski definition) is 14. The van der Waals surface area contributed by atoms with Crippen LogP contribution in [0.25, 0.3) is 10.8 Å². The number of ether oxygens (including phenoxy) is 4. The number of phenols is 3. The number of fused-ring (bicyclic) bond motifs is 14. The second-order valence-electron chi connectivity index (χ2n) is 19.0. The molecule has 4 aliphatic heterocycles. The number of esters is 1. The lowest BCUT2D eigenvalue weighted by Gasteiger charge is -2.41. The molecule has 1 fully saturated rings. The lowest BCUT2D eigenvalue weighted by Crippen LogP contribution is -2.46. The predicted octanol–water partition coefficient (Wildman–Crippen LogP) is 7.82. The number of phenolic OH excluding ortho intramolecular Hbond substituents is 3. The molecule has 0 radical (unpaired) electrons. The summed E-state index contributed by atoms with van der Waals surface area (Å²) >= 11 is 0. The monoisotopic (exact) mass is 925 g/mol. The van der Waals surface area contributed by atoms with Crippen LogP contribution < -0.4 is 10.1 Å². The maximum absolute atomic E-state index is 14.6. The molecule has 6 N–H and O–H groups in total. The molecule has 0 aliphatic carbocycles. The average molecular weight is 926 g/mol. The number of nitrogens with one attached hydrogen (secondary N) is 1. The summed E-state index contributed by atoms with van der Waals surface area (Å²) in [5, 5.41) is 68.3. The molecule has 3 aromatic rings. The number of piperidine rings is 1. The third-order valence-electron chi connectivity index (χ3n) is 14.0. The number of hydrazone groups is 1. The lowest BCUT2D eigenvalue weighted by atomic mass is 9.78. The second-order valence-corrected chi connectivity index (χ2v) is 19.0. The fourth-order valence-corrected chi connectivity index (χ4v) is 10.1. The van der Waals surface area contributed by atoms with Gasteiger partial charge in [-0.2, -0.15) is 5.10 Å². The zero-order chi connectivity index (χ0) is 49.2. The maximum atomic E-state index is 14.6. The van der Waals surface area contributed by atoms with Crippen LogP contribution in [0.1, 0.15) is 102 Å². The molecule has 5 bridgehead atoms. The van der Waals surface area contributed by atoms with E-state index in [0.29, 0.717) is 5.92 Å². The van der Waals surface area contributed by atoms with E-state index in [4.69, 9.17) is 24.0 Å². The van der Waals surface area contributed by atoms with Crippen molar-refractivity contribution in [2.75, 3.05) is 12.4 Å². The van der Waals surface area contributed by atoms with Gasteiger partial charge in [-0.15, -0.1) is 0 Å². The topological polar surface area (TPSA) is 217 Å². The Morgan fingerprint density at radius 1 is 0.910 bits per heavy atom. The first-order valence-corrected chi connectivity index (χ1v) is 23.1. The van der Waals surface area contributed by atoms with Crippen molar-refractivity contribution in [3.63, 3.8) is 0 Å². The molecule has 67 heavy (non-hydrogen) atoms. The number of aromatic hydroxyl groups is 3. The Balaban J connectivity index is 1.49. The minimum Gasteiger partial charge on any atom is -0.507 e.